The van der Waals surface area contributed by atoms with E-state index in [1.54, 1.807) is 44.2 Å². The minimum absolute atomic E-state index is 0.0163. The maximum atomic E-state index is 14.8. The minimum Gasteiger partial charge on any atom is -0.480 e. The van der Waals surface area contributed by atoms with Crippen molar-refractivity contribution in [3.05, 3.63) is 35.9 Å². The lowest BCUT2D eigenvalue weighted by molar-refractivity contribution is -0.142. The van der Waals surface area contributed by atoms with E-state index in [9.17, 15) is 48.3 Å². The van der Waals surface area contributed by atoms with Crippen molar-refractivity contribution in [3.63, 3.8) is 0 Å². The maximum Gasteiger partial charge on any atom is 0.326 e. The Labute approximate surface area is 522 Å². The van der Waals surface area contributed by atoms with Gasteiger partial charge < -0.3 is 105 Å². The highest BCUT2D eigenvalue weighted by Crippen LogP contribution is 2.14. The van der Waals surface area contributed by atoms with Gasteiger partial charge in [0.2, 0.25) is 47.3 Å². The zero-order valence-corrected chi connectivity index (χ0v) is 52.6. The van der Waals surface area contributed by atoms with Crippen LogP contribution in [0, 0.1) is 17.8 Å². The Balaban J connectivity index is 3.77. The van der Waals surface area contributed by atoms with Gasteiger partial charge in [-0.3, -0.25) is 58.3 Å². The van der Waals surface area contributed by atoms with E-state index >= 15 is 0 Å². The molecule has 0 aliphatic rings. The van der Waals surface area contributed by atoms with Crippen LogP contribution in [-0.4, -0.2) is 169 Å². The van der Waals surface area contributed by atoms with E-state index in [4.69, 9.17) is 57.3 Å². The van der Waals surface area contributed by atoms with Crippen molar-refractivity contribution >= 4 is 77.1 Å². The maximum absolute atomic E-state index is 14.8. The highest BCUT2D eigenvalue weighted by atomic mass is 16.4. The van der Waals surface area contributed by atoms with Crippen LogP contribution in [0.1, 0.15) is 137 Å². The first-order valence-electron chi connectivity index (χ1n) is 30.3. The van der Waals surface area contributed by atoms with Crippen LogP contribution in [0.5, 0.6) is 0 Å². The molecule has 8 amide bonds. The molecule has 0 heterocycles. The molecule has 0 aliphatic carbocycles. The van der Waals surface area contributed by atoms with Gasteiger partial charge in [0, 0.05) is 32.6 Å². The molecule has 0 unspecified atom stereocenters. The van der Waals surface area contributed by atoms with Gasteiger partial charge in [-0.2, -0.15) is 0 Å². The van der Waals surface area contributed by atoms with Crippen LogP contribution in [-0.2, 0) is 49.6 Å². The van der Waals surface area contributed by atoms with E-state index in [2.05, 4.69) is 62.5 Å². The Morgan fingerprint density at radius 1 is 0.382 bits per heavy atom. The SMILES string of the molecule is CC(C)C[C@H](NC(=O)[C@H](CCCN=C(N)N)NC(=O)[C@H](CCCN=C(N)N)NC(=O)[C@H](Cc1ccccc1)NC(=O)[C@H](CC(C)C)NC(=O)[C@H](CC(C)C)NC(=O)[C@@H](N)CCCN=C(N)N)C(=O)N[C@@H](CCCCN)C(=O)N[C@@H](CCCN=C(N)N)C(=O)O. The first-order chi connectivity index (χ1) is 41.9. The predicted octanol–water partition coefficient (Wildman–Crippen LogP) is -4.00. The smallest absolute Gasteiger partial charge is 0.326 e. The van der Waals surface area contributed by atoms with Gasteiger partial charge in [0.05, 0.1) is 6.04 Å². The van der Waals surface area contributed by atoms with Crippen LogP contribution in [0.4, 0.5) is 0 Å². The molecule has 32 heteroatoms. The van der Waals surface area contributed by atoms with Crippen LogP contribution >= 0.6 is 0 Å². The van der Waals surface area contributed by atoms with Gasteiger partial charge in [0.1, 0.15) is 48.3 Å². The summed E-state index contributed by atoms with van der Waals surface area (Å²) in [4.78, 5) is 142. The Morgan fingerprint density at radius 2 is 0.663 bits per heavy atom. The summed E-state index contributed by atoms with van der Waals surface area (Å²) >= 11 is 0. The van der Waals surface area contributed by atoms with E-state index < -0.39 is 108 Å². The number of hydrogen-bond donors (Lipinski definition) is 19. The normalized spacial score (nSPS) is 14.1. The molecule has 0 radical (unpaired) electrons. The van der Waals surface area contributed by atoms with Crippen LogP contribution in [0.25, 0.3) is 0 Å². The van der Waals surface area contributed by atoms with Gasteiger partial charge in [-0.05, 0) is 120 Å². The standard InChI is InChI=1S/C57H104N22O10/c1-32(2)28-41(76-45(80)36(59)18-12-24-68-54(60)61)50(85)78-43(30-34(5)6)51(86)79-44(31-35-16-8-7-9-17-35)52(87)74-38(20-13-25-69-55(62)63)46(81)72-39(21-14-26-70-56(64)65)48(83)77-42(29-33(3)4)49(84)73-37(19-10-11-23-58)47(82)75-40(53(88)89)22-15-27-71-57(66)67/h7-9,16-17,32-34,36-44H,10-15,18-31,58-59H2,1-6H3,(H,72,81)(H,73,84)(H,74,87)(H,75,82)(H,76,80)(H,77,83)(H,78,85)(H,79,86)(H,88,89)(H4,60,61,68)(H4,62,63,69)(H4,64,65,70)(H4,66,67,71)/t36-,37-,38-,39-,40-,41-,42-,43-,44-/m0/s1. The summed E-state index contributed by atoms with van der Waals surface area (Å²) in [5.41, 5.74) is 56.5. The molecule has 9 atom stereocenters. The van der Waals surface area contributed by atoms with Gasteiger partial charge in [0.15, 0.2) is 23.8 Å². The first kappa shape index (κ1) is 78.5. The predicted molar refractivity (Wildman–Crippen MR) is 342 cm³/mol. The number of nitrogens with one attached hydrogen (secondary N) is 8. The number of carboxylic acids is 1. The van der Waals surface area contributed by atoms with E-state index in [1.807, 2.05) is 27.7 Å². The monoisotopic (exact) mass is 1260 g/mol. The summed E-state index contributed by atoms with van der Waals surface area (Å²) in [7, 11) is 0. The highest BCUT2D eigenvalue weighted by molar-refractivity contribution is 5.98. The summed E-state index contributed by atoms with van der Waals surface area (Å²) in [5.74, 6) is -8.70. The fourth-order valence-corrected chi connectivity index (χ4v) is 9.07. The Morgan fingerprint density at radius 3 is 1.00 bits per heavy atom. The van der Waals surface area contributed by atoms with Crippen molar-refractivity contribution in [3.8, 4) is 0 Å². The Kier molecular flexibility index (Phi) is 38.0. The van der Waals surface area contributed by atoms with Crippen molar-refractivity contribution in [1.29, 1.82) is 0 Å². The number of nitrogens with two attached hydrogens (primary N) is 10. The van der Waals surface area contributed by atoms with Gasteiger partial charge >= 0.3 is 5.97 Å². The lowest BCUT2D eigenvalue weighted by Crippen LogP contribution is -2.61. The first-order valence-corrected chi connectivity index (χ1v) is 30.3. The minimum atomic E-state index is -1.42. The van der Waals surface area contributed by atoms with Crippen molar-refractivity contribution in [2.45, 2.75) is 192 Å². The molecular formula is C57H104N22O10. The molecule has 0 saturated carbocycles. The largest absolute Gasteiger partial charge is 0.480 e. The molecule has 0 aliphatic heterocycles. The second-order valence-corrected chi connectivity index (χ2v) is 23.1. The summed E-state index contributed by atoms with van der Waals surface area (Å²) in [6.07, 6.45) is 1.93. The number of carboxylic acid groups (broad SMARTS) is 1. The second-order valence-electron chi connectivity index (χ2n) is 23.1. The van der Waals surface area contributed by atoms with Crippen LogP contribution in [0.2, 0.25) is 0 Å². The van der Waals surface area contributed by atoms with Crippen molar-refractivity contribution < 1.29 is 48.3 Å². The number of carbonyl (C=O) groups is 9. The molecule has 0 saturated heterocycles. The number of benzene rings is 1. The topological polar surface area (TPSA) is 580 Å². The zero-order chi connectivity index (χ0) is 67.2. The molecular weight excluding hydrogens is 1150 g/mol. The molecule has 0 aromatic heterocycles. The van der Waals surface area contributed by atoms with Gasteiger partial charge in [-0.1, -0.05) is 71.9 Å². The third kappa shape index (κ3) is 35.1. The molecule has 502 valence electrons. The lowest BCUT2D eigenvalue weighted by atomic mass is 9.98. The van der Waals surface area contributed by atoms with Crippen molar-refractivity contribution in [2.75, 3.05) is 32.7 Å². The van der Waals surface area contributed by atoms with Crippen molar-refractivity contribution in [2.24, 2.45) is 95.1 Å². The molecule has 29 N–H and O–H groups in total. The molecule has 0 bridgehead atoms. The average molecular weight is 1260 g/mol. The molecule has 0 fully saturated rings. The van der Waals surface area contributed by atoms with Gasteiger partial charge in [0.25, 0.3) is 0 Å². The number of guanidine groups is 4. The summed E-state index contributed by atoms with van der Waals surface area (Å²) in [6, 6.07) is -2.79. The molecule has 1 aromatic carbocycles. The van der Waals surface area contributed by atoms with E-state index in [1.165, 1.54) is 0 Å². The molecule has 32 nitrogen and oxygen atoms in total. The number of carbonyl (C=O) groups excluding carboxylic acids is 8. The summed E-state index contributed by atoms with van der Waals surface area (Å²) in [5, 5.41) is 31.7. The van der Waals surface area contributed by atoms with E-state index in [0.29, 0.717) is 24.8 Å². The number of aliphatic carboxylic acids is 1. The third-order valence-corrected chi connectivity index (χ3v) is 13.5. The van der Waals surface area contributed by atoms with Gasteiger partial charge in [-0.15, -0.1) is 0 Å². The van der Waals surface area contributed by atoms with Gasteiger partial charge in [-0.25, -0.2) is 4.79 Å². The Bertz CT molecular complexity index is 2500. The van der Waals surface area contributed by atoms with Crippen molar-refractivity contribution in [1.82, 2.24) is 42.5 Å². The number of rotatable bonds is 45. The highest BCUT2D eigenvalue weighted by Gasteiger charge is 2.36. The summed E-state index contributed by atoms with van der Waals surface area (Å²) in [6.45, 7) is 11.6. The number of unbranched alkanes of at least 4 members (excludes halogenated alkanes) is 1. The number of amides is 8. The Hall–Kier alpha value is -8.55. The number of nitrogens with zero attached hydrogens (tertiary/aromatic N) is 4. The molecule has 0 spiro atoms. The summed E-state index contributed by atoms with van der Waals surface area (Å²) < 4.78 is 0. The fraction of sp³-hybridized carbons (Fsp3) is 0.667. The molecule has 1 rings (SSSR count). The fourth-order valence-electron chi connectivity index (χ4n) is 9.07. The molecule has 89 heavy (non-hydrogen) atoms. The lowest BCUT2D eigenvalue weighted by Gasteiger charge is -2.29. The number of aliphatic imine (C=N–C) groups is 4. The van der Waals surface area contributed by atoms with E-state index in [0.717, 1.165) is 0 Å². The molecule has 1 aromatic rings. The van der Waals surface area contributed by atoms with E-state index in [-0.39, 0.29) is 151 Å². The quantitative estimate of drug-likeness (QED) is 0.0168. The van der Waals surface area contributed by atoms with Crippen LogP contribution < -0.4 is 99.9 Å². The zero-order valence-electron chi connectivity index (χ0n) is 52.6. The van der Waals surface area contributed by atoms with Crippen LogP contribution in [0.3, 0.4) is 0 Å². The average Bonchev–Trinajstić information content (AvgIpc) is 2.59. The second kappa shape index (κ2) is 43.2. The third-order valence-electron chi connectivity index (χ3n) is 13.5. The number of hydrogen-bond acceptors (Lipinski definition) is 15. The van der Waals surface area contributed by atoms with Crippen LogP contribution in [0.15, 0.2) is 50.3 Å².